The Morgan fingerprint density at radius 2 is 2.07 bits per heavy atom. The van der Waals surface area contributed by atoms with Crippen molar-refractivity contribution in [3.05, 3.63) is 12.7 Å². The van der Waals surface area contributed by atoms with Crippen molar-refractivity contribution >= 4 is 11.9 Å². The first-order valence-corrected chi connectivity index (χ1v) is 9.18. The van der Waals surface area contributed by atoms with Gasteiger partial charge in [-0.15, -0.1) is 6.58 Å². The molecule has 0 aromatic heterocycles. The summed E-state index contributed by atoms with van der Waals surface area (Å²) in [7, 11) is 0. The van der Waals surface area contributed by atoms with Gasteiger partial charge in [-0.3, -0.25) is 4.79 Å². The van der Waals surface area contributed by atoms with Crippen LogP contribution in [0.2, 0.25) is 0 Å². The molecule has 3 heterocycles. The molecule has 3 fully saturated rings. The first-order chi connectivity index (χ1) is 12.7. The van der Waals surface area contributed by atoms with E-state index in [2.05, 4.69) is 11.5 Å². The Kier molecular flexibility index (Phi) is 7.27. The van der Waals surface area contributed by atoms with Crippen LogP contribution in [0.3, 0.4) is 0 Å². The van der Waals surface area contributed by atoms with Crippen LogP contribution in [0.15, 0.2) is 12.7 Å². The predicted octanol–water partition coefficient (Wildman–Crippen LogP) is 2.16. The number of carboxylic acids is 1. The highest BCUT2D eigenvalue weighted by molar-refractivity contribution is 5.85. The second-order valence-corrected chi connectivity index (χ2v) is 7.44. The third-order valence-electron chi connectivity index (χ3n) is 5.39. The van der Waals surface area contributed by atoms with Crippen LogP contribution in [0, 0.1) is 11.3 Å². The van der Waals surface area contributed by atoms with E-state index in [0.29, 0.717) is 18.4 Å². The molecule has 0 aromatic carbocycles. The third kappa shape index (κ3) is 5.68. The van der Waals surface area contributed by atoms with Crippen molar-refractivity contribution in [1.82, 2.24) is 9.80 Å². The molecule has 1 N–H and O–H groups in total. The van der Waals surface area contributed by atoms with Crippen molar-refractivity contribution in [3.8, 4) is 0 Å². The predicted molar refractivity (Wildman–Crippen MR) is 92.1 cm³/mol. The van der Waals surface area contributed by atoms with E-state index in [1.807, 2.05) is 11.0 Å². The number of carbonyl (C=O) groups is 2. The number of halogens is 3. The van der Waals surface area contributed by atoms with Gasteiger partial charge in [-0.25, -0.2) is 4.79 Å². The Morgan fingerprint density at radius 1 is 1.37 bits per heavy atom. The molecule has 2 unspecified atom stereocenters. The van der Waals surface area contributed by atoms with Crippen LogP contribution in [0.4, 0.5) is 13.2 Å². The number of rotatable bonds is 4. The van der Waals surface area contributed by atoms with E-state index >= 15 is 0 Å². The Balaban J connectivity index is 0.000000321. The molecule has 3 saturated heterocycles. The van der Waals surface area contributed by atoms with Gasteiger partial charge in [0.05, 0.1) is 12.0 Å². The summed E-state index contributed by atoms with van der Waals surface area (Å²) in [5.74, 6) is -1.72. The fraction of sp³-hybridized carbons (Fsp3) is 0.778. The van der Waals surface area contributed by atoms with Gasteiger partial charge in [0.2, 0.25) is 5.91 Å². The summed E-state index contributed by atoms with van der Waals surface area (Å²) in [4.78, 5) is 26.1. The van der Waals surface area contributed by atoms with Crippen LogP contribution < -0.4 is 0 Å². The van der Waals surface area contributed by atoms with Crippen LogP contribution in [0.5, 0.6) is 0 Å². The van der Waals surface area contributed by atoms with E-state index < -0.39 is 12.1 Å². The number of ether oxygens (including phenoxy) is 1. The number of hydrogen-bond donors (Lipinski definition) is 1. The standard InChI is InChI=1S/C16H26N2O2.C2HF3O2/c1-2-7-18-9-6-16(15(18)19)5-3-8-17(13-16)11-14-4-10-20-12-14;3-2(4,5)1(6)7/h2,14H,1,3-13H2;(H,6,7). The van der Waals surface area contributed by atoms with Crippen LogP contribution in [-0.4, -0.2) is 78.9 Å². The highest BCUT2D eigenvalue weighted by Crippen LogP contribution is 2.40. The second kappa shape index (κ2) is 9.05. The topological polar surface area (TPSA) is 70.1 Å². The summed E-state index contributed by atoms with van der Waals surface area (Å²) in [5, 5.41) is 7.12. The molecule has 154 valence electrons. The number of aliphatic carboxylic acids is 1. The van der Waals surface area contributed by atoms with Crippen LogP contribution in [0.1, 0.15) is 25.7 Å². The smallest absolute Gasteiger partial charge is 0.475 e. The zero-order valence-corrected chi connectivity index (χ0v) is 15.3. The highest BCUT2D eigenvalue weighted by Gasteiger charge is 2.48. The lowest BCUT2D eigenvalue weighted by molar-refractivity contribution is -0.192. The minimum absolute atomic E-state index is 0.0965. The summed E-state index contributed by atoms with van der Waals surface area (Å²) >= 11 is 0. The Labute approximate surface area is 156 Å². The van der Waals surface area contributed by atoms with Crippen LogP contribution in [0.25, 0.3) is 0 Å². The third-order valence-corrected chi connectivity index (χ3v) is 5.39. The van der Waals surface area contributed by atoms with Crippen molar-refractivity contribution < 1.29 is 32.6 Å². The van der Waals surface area contributed by atoms with Gasteiger partial charge in [0.1, 0.15) is 0 Å². The molecule has 6 nitrogen and oxygen atoms in total. The summed E-state index contributed by atoms with van der Waals surface area (Å²) in [6.45, 7) is 10.4. The molecule has 3 rings (SSSR count). The Bertz CT molecular complexity index is 549. The molecule has 0 aromatic rings. The SMILES string of the molecule is C=CCN1CCC2(CCCN(CC3CCOC3)C2)C1=O.O=C(O)C(F)(F)F. The molecule has 9 heteroatoms. The number of alkyl halides is 3. The molecular weight excluding hydrogens is 365 g/mol. The highest BCUT2D eigenvalue weighted by atomic mass is 19.4. The molecular formula is C18H27F3N2O4. The van der Waals surface area contributed by atoms with Gasteiger partial charge in [0.25, 0.3) is 0 Å². The Hall–Kier alpha value is -1.61. The fourth-order valence-electron chi connectivity index (χ4n) is 4.08. The molecule has 0 saturated carbocycles. The zero-order chi connectivity index (χ0) is 20.1. The van der Waals surface area contributed by atoms with E-state index in [1.165, 1.54) is 6.42 Å². The van der Waals surface area contributed by atoms with E-state index in [1.54, 1.807) is 0 Å². The summed E-state index contributed by atoms with van der Waals surface area (Å²) in [5.41, 5.74) is -0.0965. The lowest BCUT2D eigenvalue weighted by Crippen LogP contribution is -2.49. The largest absolute Gasteiger partial charge is 0.490 e. The Morgan fingerprint density at radius 3 is 2.63 bits per heavy atom. The summed E-state index contributed by atoms with van der Waals surface area (Å²) in [6, 6.07) is 0. The molecule has 1 amide bonds. The second-order valence-electron chi connectivity index (χ2n) is 7.44. The number of amides is 1. The number of piperidine rings is 1. The molecule has 0 bridgehead atoms. The zero-order valence-electron chi connectivity index (χ0n) is 15.3. The molecule has 3 aliphatic heterocycles. The average Bonchev–Trinajstić information content (AvgIpc) is 3.20. The quantitative estimate of drug-likeness (QED) is 0.743. The van der Waals surface area contributed by atoms with Crippen molar-refractivity contribution in [3.63, 3.8) is 0 Å². The van der Waals surface area contributed by atoms with Gasteiger partial charge in [-0.1, -0.05) is 6.08 Å². The van der Waals surface area contributed by atoms with E-state index in [9.17, 15) is 18.0 Å². The molecule has 27 heavy (non-hydrogen) atoms. The molecule has 2 atom stereocenters. The van der Waals surface area contributed by atoms with Crippen molar-refractivity contribution in [2.75, 3.05) is 45.9 Å². The number of likely N-dealkylation sites (tertiary alicyclic amines) is 2. The molecule has 0 radical (unpaired) electrons. The lowest BCUT2D eigenvalue weighted by Gasteiger charge is -2.39. The number of carboxylic acid groups (broad SMARTS) is 1. The van der Waals surface area contributed by atoms with Gasteiger partial charge in [0.15, 0.2) is 0 Å². The van der Waals surface area contributed by atoms with Crippen LogP contribution in [-0.2, 0) is 14.3 Å². The minimum Gasteiger partial charge on any atom is -0.475 e. The maximum absolute atomic E-state index is 12.7. The monoisotopic (exact) mass is 392 g/mol. The molecule has 0 aliphatic carbocycles. The number of nitrogens with zero attached hydrogens (tertiary/aromatic N) is 2. The number of hydrogen-bond acceptors (Lipinski definition) is 4. The fourth-order valence-corrected chi connectivity index (χ4v) is 4.08. The summed E-state index contributed by atoms with van der Waals surface area (Å²) in [6.07, 6.45) is 1.18. The first-order valence-electron chi connectivity index (χ1n) is 9.18. The van der Waals surface area contributed by atoms with Crippen molar-refractivity contribution in [2.45, 2.75) is 31.9 Å². The van der Waals surface area contributed by atoms with Gasteiger partial charge in [-0.2, -0.15) is 13.2 Å². The first kappa shape index (κ1) is 21.7. The minimum atomic E-state index is -5.08. The van der Waals surface area contributed by atoms with E-state index in [4.69, 9.17) is 14.6 Å². The van der Waals surface area contributed by atoms with E-state index in [0.717, 1.165) is 58.7 Å². The van der Waals surface area contributed by atoms with Gasteiger partial charge >= 0.3 is 12.1 Å². The van der Waals surface area contributed by atoms with Gasteiger partial charge in [-0.05, 0) is 38.1 Å². The van der Waals surface area contributed by atoms with E-state index in [-0.39, 0.29) is 5.41 Å². The average molecular weight is 392 g/mol. The van der Waals surface area contributed by atoms with Gasteiger partial charge < -0.3 is 19.6 Å². The van der Waals surface area contributed by atoms with Crippen LogP contribution >= 0.6 is 0 Å². The number of carbonyl (C=O) groups excluding carboxylic acids is 1. The maximum atomic E-state index is 12.7. The van der Waals surface area contributed by atoms with Crippen molar-refractivity contribution in [2.24, 2.45) is 11.3 Å². The normalized spacial score (nSPS) is 28.9. The maximum Gasteiger partial charge on any atom is 0.490 e. The van der Waals surface area contributed by atoms with Crippen molar-refractivity contribution in [1.29, 1.82) is 0 Å². The van der Waals surface area contributed by atoms with Gasteiger partial charge in [0, 0.05) is 32.8 Å². The summed E-state index contributed by atoms with van der Waals surface area (Å²) < 4.78 is 37.2. The molecule has 1 spiro atoms. The lowest BCUT2D eigenvalue weighted by atomic mass is 9.78. The molecule has 3 aliphatic rings.